The third kappa shape index (κ3) is 8.88. The Morgan fingerprint density at radius 1 is 1.03 bits per heavy atom. The second-order valence-corrected chi connectivity index (χ2v) is 17.4. The van der Waals surface area contributed by atoms with Crippen LogP contribution in [0.25, 0.3) is 21.9 Å². The third-order valence-electron chi connectivity index (χ3n) is 5.47. The minimum absolute atomic E-state index is 0. The average molecular weight is 583 g/mol. The normalized spacial score (nSPS) is 10.7. The van der Waals surface area contributed by atoms with Crippen LogP contribution in [0.1, 0.15) is 46.1 Å². The van der Waals surface area contributed by atoms with Crippen molar-refractivity contribution in [1.82, 2.24) is 0 Å². The van der Waals surface area contributed by atoms with Crippen molar-refractivity contribution >= 4 is 34.4 Å². The predicted molar refractivity (Wildman–Crippen MR) is 138 cm³/mol. The van der Waals surface area contributed by atoms with Gasteiger partial charge in [0, 0.05) is 0 Å². The maximum absolute atomic E-state index is 5.01. The number of halogens is 2. The number of allylic oxidation sites excluding steroid dienone is 1. The van der Waals surface area contributed by atoms with Crippen molar-refractivity contribution < 1.29 is 51.0 Å². The van der Waals surface area contributed by atoms with Crippen LogP contribution in [0.3, 0.4) is 0 Å². The zero-order chi connectivity index (χ0) is 21.7. The summed E-state index contributed by atoms with van der Waals surface area (Å²) in [7, 11) is -1.38. The molecule has 0 radical (unpaired) electrons. The van der Waals surface area contributed by atoms with Gasteiger partial charge in [-0.3, -0.25) is 6.08 Å². The predicted octanol–water partition coefficient (Wildman–Crippen LogP) is 2.08. The number of unbranched alkanes of at least 4 members (excludes halogenated alkanes) is 1. The van der Waals surface area contributed by atoms with Crippen molar-refractivity contribution in [1.29, 1.82) is 0 Å². The molecule has 3 aromatic rings. The van der Waals surface area contributed by atoms with Crippen molar-refractivity contribution in [2.75, 3.05) is 6.26 Å². The molecule has 0 aliphatic carbocycles. The summed E-state index contributed by atoms with van der Waals surface area (Å²) in [5, 5.41) is 4.31. The first-order chi connectivity index (χ1) is 13.6. The number of rotatable bonds is 5. The molecule has 0 saturated heterocycles. The Kier molecular flexibility index (Phi) is 15.9. The number of hydrogen-bond donors (Lipinski definition) is 0. The number of fused-ring (bicyclic) bond motifs is 1. The fraction of sp³-hybridized carbons (Fsp3) is 0.370. The van der Waals surface area contributed by atoms with Crippen molar-refractivity contribution in [3.05, 3.63) is 72.8 Å². The Bertz CT molecular complexity index is 940. The Morgan fingerprint density at radius 3 is 2.06 bits per heavy atom. The fourth-order valence-corrected chi connectivity index (χ4v) is 5.56. The summed E-state index contributed by atoms with van der Waals surface area (Å²) in [5.74, 6) is 0. The van der Waals surface area contributed by atoms with E-state index in [1.807, 2.05) is 11.2 Å². The Labute approximate surface area is 233 Å². The van der Waals surface area contributed by atoms with E-state index in [1.54, 1.807) is 11.3 Å². The van der Waals surface area contributed by atoms with E-state index < -0.39 is 7.22 Å². The number of hydrogen-bond acceptors (Lipinski definition) is 1. The summed E-state index contributed by atoms with van der Waals surface area (Å²) in [6.07, 6.45) is 6.13. The van der Waals surface area contributed by atoms with Gasteiger partial charge in [0.25, 0.3) is 0 Å². The first-order valence-corrected chi connectivity index (χ1v) is 15.5. The summed E-state index contributed by atoms with van der Waals surface area (Å²) in [5.41, 5.74) is 4.25. The molecule has 3 rings (SSSR count). The zero-order valence-corrected chi connectivity index (χ0v) is 26.2. The maximum atomic E-state index is 5.01. The minimum atomic E-state index is -1.38. The average Bonchev–Trinajstić information content (AvgIpc) is 3.14. The van der Waals surface area contributed by atoms with E-state index in [0.717, 1.165) is 12.8 Å². The number of benzene rings is 2. The van der Waals surface area contributed by atoms with Gasteiger partial charge in [-0.05, 0) is 22.8 Å². The van der Waals surface area contributed by atoms with Crippen LogP contribution in [0.4, 0.5) is 0 Å². The molecule has 0 nitrogen and oxygen atoms in total. The third-order valence-corrected chi connectivity index (χ3v) is 11.9. The molecule has 0 saturated carbocycles. The molecule has 3 aromatic carbocycles. The minimum Gasteiger partial charge on any atom is -1.00 e. The molecule has 0 atom stereocenters. The molecule has 32 heavy (non-hydrogen) atoms. The van der Waals surface area contributed by atoms with Gasteiger partial charge in [0.1, 0.15) is 7.22 Å². The molecule has 0 aromatic heterocycles. The molecular formula is C27H36Cl2SSiZr. The molecule has 0 N–H and O–H groups in total. The van der Waals surface area contributed by atoms with Gasteiger partial charge >= 0.3 is 26.2 Å². The molecule has 0 bridgehead atoms. The van der Waals surface area contributed by atoms with Crippen LogP contribution in [0.2, 0.25) is 13.1 Å². The monoisotopic (exact) mass is 580 g/mol. The van der Waals surface area contributed by atoms with Crippen LogP contribution in [0.5, 0.6) is 0 Å². The molecule has 0 aliphatic heterocycles. The van der Waals surface area contributed by atoms with E-state index in [-0.39, 0.29) is 56.4 Å². The van der Waals surface area contributed by atoms with E-state index >= 15 is 0 Å². The standard InChI is InChI=1S/C22H27SSi.C5H9.2ClH.Zr/c1-22(2,3)18-12-10-16(11-13-18)20-9-7-8-17-14-19(15-21(17)20)24(5,6)23-4;1-3-5-4-2;;;/h7-15H,1-6H3;1,3H,4-5H2,2H3;2*1H;/q2*-1;;;+4/p-2. The molecule has 0 spiro atoms. The molecule has 5 heteroatoms. The SMILES string of the molecule is CS[Si](C)(C)c1cc2c(-c3ccc(C(C)(C)C)cc3)cccc2[cH-]1.[CH-]=CCCC.[Cl-].[Cl-].[Zr+4]. The quantitative estimate of drug-likeness (QED) is 0.328. The van der Waals surface area contributed by atoms with Crippen LogP contribution in [0.15, 0.2) is 60.7 Å². The Morgan fingerprint density at radius 2 is 1.62 bits per heavy atom. The van der Waals surface area contributed by atoms with E-state index in [1.165, 1.54) is 27.5 Å². The van der Waals surface area contributed by atoms with Crippen LogP contribution < -0.4 is 30.0 Å². The summed E-state index contributed by atoms with van der Waals surface area (Å²) in [6.45, 7) is 18.8. The van der Waals surface area contributed by atoms with Gasteiger partial charge in [0.05, 0.1) is 0 Å². The van der Waals surface area contributed by atoms with E-state index in [9.17, 15) is 0 Å². The zero-order valence-electron chi connectivity index (χ0n) is 20.4. The first kappa shape index (κ1) is 34.0. The van der Waals surface area contributed by atoms with Gasteiger partial charge < -0.3 is 31.4 Å². The van der Waals surface area contributed by atoms with Gasteiger partial charge in [-0.25, -0.2) is 0 Å². The van der Waals surface area contributed by atoms with Crippen molar-refractivity contribution in [2.45, 2.75) is 59.0 Å². The second kappa shape index (κ2) is 14.9. The second-order valence-electron chi connectivity index (χ2n) is 9.12. The molecule has 0 heterocycles. The molecule has 0 fully saturated rings. The smallest absolute Gasteiger partial charge is 1.00 e. The van der Waals surface area contributed by atoms with Crippen molar-refractivity contribution in [2.24, 2.45) is 0 Å². The Hall–Kier alpha value is -0.180. The van der Waals surface area contributed by atoms with Crippen molar-refractivity contribution in [3.8, 4) is 11.1 Å². The van der Waals surface area contributed by atoms with Gasteiger partial charge in [-0.2, -0.15) is 17.3 Å². The molecule has 0 amide bonds. The summed E-state index contributed by atoms with van der Waals surface area (Å²) >= 11 is 2.04. The van der Waals surface area contributed by atoms with E-state index in [4.69, 9.17) is 6.58 Å². The molecule has 0 unspecified atom stereocenters. The van der Waals surface area contributed by atoms with Crippen LogP contribution >= 0.6 is 11.2 Å². The van der Waals surface area contributed by atoms with Crippen LogP contribution in [-0.2, 0) is 31.6 Å². The summed E-state index contributed by atoms with van der Waals surface area (Å²) < 4.78 is 0. The molecule has 0 aliphatic rings. The Balaban J connectivity index is 0. The summed E-state index contributed by atoms with van der Waals surface area (Å²) in [6, 6.07) is 20.6. The van der Waals surface area contributed by atoms with Crippen molar-refractivity contribution in [3.63, 3.8) is 0 Å². The van der Waals surface area contributed by atoms with Gasteiger partial charge in [-0.1, -0.05) is 89.5 Å². The van der Waals surface area contributed by atoms with Gasteiger partial charge in [0.15, 0.2) is 0 Å². The summed E-state index contributed by atoms with van der Waals surface area (Å²) in [4.78, 5) is 0. The fourth-order valence-electron chi connectivity index (χ4n) is 3.27. The van der Waals surface area contributed by atoms with Gasteiger partial charge in [0.2, 0.25) is 0 Å². The van der Waals surface area contributed by atoms with Crippen LogP contribution in [-0.4, -0.2) is 13.5 Å². The molecular weight excluding hydrogens is 547 g/mol. The van der Waals surface area contributed by atoms with E-state index in [2.05, 4.69) is 102 Å². The molecule has 172 valence electrons. The van der Waals surface area contributed by atoms with E-state index in [0.29, 0.717) is 0 Å². The topological polar surface area (TPSA) is 0 Å². The van der Waals surface area contributed by atoms with Gasteiger partial charge in [-0.15, -0.1) is 34.2 Å². The maximum Gasteiger partial charge on any atom is 4.00 e. The largest absolute Gasteiger partial charge is 4.00 e. The van der Waals surface area contributed by atoms with Crippen LogP contribution in [0, 0.1) is 6.58 Å². The first-order valence-electron chi connectivity index (χ1n) is 10.5.